The molecule has 4 nitrogen and oxygen atoms in total. The Morgan fingerprint density at radius 2 is 1.26 bits per heavy atom. The van der Waals surface area contributed by atoms with E-state index in [1.54, 1.807) is 6.33 Å². The predicted molar refractivity (Wildman–Crippen MR) is 208 cm³/mol. The van der Waals surface area contributed by atoms with Crippen molar-refractivity contribution in [1.82, 2.24) is 9.97 Å². The van der Waals surface area contributed by atoms with Crippen molar-refractivity contribution < 1.29 is 30.0 Å². The molecular weight excluding hydrogens is 793 g/mol. The summed E-state index contributed by atoms with van der Waals surface area (Å²) in [4.78, 5) is 21.0. The van der Waals surface area contributed by atoms with Crippen molar-refractivity contribution in [3.63, 3.8) is 0 Å². The Balaban J connectivity index is 0.000000361. The van der Waals surface area contributed by atoms with Crippen LogP contribution in [0.1, 0.15) is 106 Å². The molecule has 0 bridgehead atoms. The van der Waals surface area contributed by atoms with Gasteiger partial charge in [-0.25, -0.2) is 4.98 Å². The second-order valence-electron chi connectivity index (χ2n) is 15.2. The van der Waals surface area contributed by atoms with E-state index in [0.29, 0.717) is 0 Å². The third-order valence-corrected chi connectivity index (χ3v) is 9.57. The van der Waals surface area contributed by atoms with Crippen molar-refractivity contribution >= 4 is 27.3 Å². The molecule has 0 atom stereocenters. The number of aliphatic hydroxyl groups is 1. The Labute approximate surface area is 314 Å². The number of ketones is 1. The van der Waals surface area contributed by atoms with Crippen molar-refractivity contribution in [1.29, 1.82) is 0 Å². The molecule has 267 valence electrons. The fraction of sp³-hybridized carbons (Fsp3) is 0.400. The summed E-state index contributed by atoms with van der Waals surface area (Å²) in [5, 5.41) is 14.7. The summed E-state index contributed by atoms with van der Waals surface area (Å²) in [5.41, 5.74) is 6.62. The largest absolute Gasteiger partial charge is 0.512 e. The fourth-order valence-electron chi connectivity index (χ4n) is 6.51. The van der Waals surface area contributed by atoms with Gasteiger partial charge in [-0.15, -0.1) is 29.1 Å². The van der Waals surface area contributed by atoms with Gasteiger partial charge in [0.15, 0.2) is 5.78 Å². The van der Waals surface area contributed by atoms with Crippen molar-refractivity contribution in [2.24, 2.45) is 11.8 Å². The average Bonchev–Trinajstić information content (AvgIpc) is 3.08. The molecule has 4 aromatic carbocycles. The van der Waals surface area contributed by atoms with E-state index in [1.807, 2.05) is 27.7 Å². The molecule has 0 saturated carbocycles. The van der Waals surface area contributed by atoms with Gasteiger partial charge in [-0.2, -0.15) is 0 Å². The average molecular weight is 848 g/mol. The van der Waals surface area contributed by atoms with Crippen LogP contribution in [0.3, 0.4) is 0 Å². The van der Waals surface area contributed by atoms with Crippen LogP contribution < -0.4 is 0 Å². The Morgan fingerprint density at radius 1 is 0.720 bits per heavy atom. The maximum Gasteiger partial charge on any atom is 0.162 e. The maximum absolute atomic E-state index is 11.7. The van der Waals surface area contributed by atoms with Crippen LogP contribution in [0, 0.1) is 17.9 Å². The van der Waals surface area contributed by atoms with Gasteiger partial charge >= 0.3 is 0 Å². The Morgan fingerprint density at radius 3 is 1.86 bits per heavy atom. The molecule has 1 radical (unpaired) electrons. The number of carbonyl (C=O) groups is 1. The molecule has 0 aliphatic heterocycles. The third-order valence-electron chi connectivity index (χ3n) is 9.57. The second-order valence-corrected chi connectivity index (χ2v) is 15.2. The van der Waals surface area contributed by atoms with Gasteiger partial charge in [-0.3, -0.25) is 9.78 Å². The minimum atomic E-state index is 0. The van der Waals surface area contributed by atoms with Gasteiger partial charge in [0.1, 0.15) is 6.33 Å². The van der Waals surface area contributed by atoms with Crippen molar-refractivity contribution in [3.05, 3.63) is 108 Å². The number of hydrogen-bond donors (Lipinski definition) is 1. The Hall–Kier alpha value is -3.66. The smallest absolute Gasteiger partial charge is 0.162 e. The number of allylic oxidation sites excluding steroid dienone is 2. The van der Waals surface area contributed by atoms with E-state index in [9.17, 15) is 9.90 Å². The van der Waals surface area contributed by atoms with E-state index < -0.39 is 0 Å². The summed E-state index contributed by atoms with van der Waals surface area (Å²) in [5.74, 6) is 0.547. The number of fused-ring (bicyclic) bond motifs is 2. The van der Waals surface area contributed by atoms with Crippen LogP contribution in [0.4, 0.5) is 0 Å². The quantitative estimate of drug-likeness (QED) is 0.0912. The first-order chi connectivity index (χ1) is 23.2. The molecule has 5 heteroatoms. The van der Waals surface area contributed by atoms with Crippen LogP contribution in [-0.4, -0.2) is 20.9 Å². The first-order valence-electron chi connectivity index (χ1n) is 18.0. The van der Waals surface area contributed by atoms with Crippen molar-refractivity contribution in [2.45, 2.75) is 106 Å². The molecule has 1 aromatic heterocycles. The van der Waals surface area contributed by atoms with Gasteiger partial charge in [0, 0.05) is 49.3 Å². The van der Waals surface area contributed by atoms with Crippen LogP contribution >= 0.6 is 0 Å². The summed E-state index contributed by atoms with van der Waals surface area (Å²) < 4.78 is 0. The van der Waals surface area contributed by atoms with Crippen molar-refractivity contribution in [3.8, 4) is 22.5 Å². The molecule has 5 rings (SSSR count). The molecule has 50 heavy (non-hydrogen) atoms. The number of nitrogens with zero attached hydrogens (tertiary/aromatic N) is 2. The number of aliphatic hydroxyl groups excluding tert-OH is 1. The third kappa shape index (κ3) is 9.77. The van der Waals surface area contributed by atoms with E-state index >= 15 is 0 Å². The number of carbonyl (C=O) groups excluding carboxylic acids is 1. The minimum Gasteiger partial charge on any atom is -0.512 e. The molecule has 5 aromatic rings. The van der Waals surface area contributed by atoms with Crippen LogP contribution in [0.15, 0.2) is 91.0 Å². The molecule has 0 fully saturated rings. The minimum absolute atomic E-state index is 0. The molecular formula is C45H55IrN2O2-. The number of rotatable bonds is 9. The van der Waals surface area contributed by atoms with Gasteiger partial charge in [0.25, 0.3) is 0 Å². The van der Waals surface area contributed by atoms with E-state index in [1.165, 1.54) is 33.4 Å². The zero-order chi connectivity index (χ0) is 35.9. The van der Waals surface area contributed by atoms with Crippen LogP contribution in [0.25, 0.3) is 44.1 Å². The van der Waals surface area contributed by atoms with Gasteiger partial charge in [0.2, 0.25) is 0 Å². The Bertz CT molecular complexity index is 1810. The summed E-state index contributed by atoms with van der Waals surface area (Å²) >= 11 is 0. The molecule has 1 N–H and O–H groups in total. The van der Waals surface area contributed by atoms with Gasteiger partial charge in [-0.1, -0.05) is 123 Å². The van der Waals surface area contributed by atoms with Gasteiger partial charge in [-0.05, 0) is 71.0 Å². The Kier molecular flexibility index (Phi) is 14.3. The monoisotopic (exact) mass is 848 g/mol. The summed E-state index contributed by atoms with van der Waals surface area (Å²) in [6.45, 7) is 21.6. The van der Waals surface area contributed by atoms with Crippen LogP contribution in [0.5, 0.6) is 0 Å². The van der Waals surface area contributed by atoms with Crippen LogP contribution in [-0.2, 0) is 35.7 Å². The standard InChI is InChI=1S/C32H31N2.C13H24O2.Ir/c1-31(2,3)27-17-23(15-21-11-7-9-13-25(21)27)29-19-30(34-20-33-29)24-16-22-12-8-10-14-26(22)28(18-24)32(4,5)6;1-5-10(6-2)12(14)9-13(15)11(7-3)8-4;/h7-15,17-20H,1-6H3;9-11,14H,5-8H2,1-4H3;/q-1;;/b;12-9-;. The van der Waals surface area contributed by atoms with Crippen LogP contribution in [0.2, 0.25) is 0 Å². The number of hydrogen-bond acceptors (Lipinski definition) is 4. The predicted octanol–water partition coefficient (Wildman–Crippen LogP) is 12.4. The fourth-order valence-corrected chi connectivity index (χ4v) is 6.51. The second kappa shape index (κ2) is 17.5. The zero-order valence-electron chi connectivity index (χ0n) is 31.6. The topological polar surface area (TPSA) is 63.1 Å². The summed E-state index contributed by atoms with van der Waals surface area (Å²) in [7, 11) is 0. The summed E-state index contributed by atoms with van der Waals surface area (Å²) in [6.07, 6.45) is 6.58. The molecule has 0 saturated heterocycles. The molecule has 0 spiro atoms. The normalized spacial score (nSPS) is 12.2. The molecule has 0 aliphatic carbocycles. The molecule has 0 aliphatic rings. The first kappa shape index (κ1) is 40.8. The van der Waals surface area contributed by atoms with E-state index in [-0.39, 0.29) is 54.3 Å². The SMILES string of the molecule is CC(C)(C)c1cc(-c2cc(-c3cc(C(C)(C)C)c4ccccc4c3)ncn2)[c-]c2ccccc12.CCC(CC)C(=O)/C=C(\O)C(CC)CC.[Ir]. The maximum atomic E-state index is 11.7. The van der Waals surface area contributed by atoms with Gasteiger partial charge < -0.3 is 5.11 Å². The van der Waals surface area contributed by atoms with E-state index in [4.69, 9.17) is 0 Å². The number of benzene rings is 4. The molecule has 1 heterocycles. The van der Waals surface area contributed by atoms with Crippen molar-refractivity contribution in [2.75, 3.05) is 0 Å². The molecule has 0 unspecified atom stereocenters. The first-order valence-corrected chi connectivity index (χ1v) is 18.0. The van der Waals surface area contributed by atoms with E-state index in [0.717, 1.165) is 53.6 Å². The summed E-state index contributed by atoms with van der Waals surface area (Å²) in [6, 6.07) is 29.6. The van der Waals surface area contributed by atoms with Gasteiger partial charge in [0.05, 0.1) is 11.5 Å². The van der Waals surface area contributed by atoms with E-state index in [2.05, 4.69) is 130 Å². The zero-order valence-corrected chi connectivity index (χ0v) is 34.0. The molecule has 0 amide bonds. The number of aromatic nitrogens is 2.